The summed E-state index contributed by atoms with van der Waals surface area (Å²) in [7, 11) is 2.19. The van der Waals surface area contributed by atoms with Gasteiger partial charge in [0.1, 0.15) is 0 Å². The molecule has 0 unspecified atom stereocenters. The standard InChI is InChI=1S/C5H13NSi2/c1-3-5(8)6-4(2)7/h3H,1-2,7-8H3/b5-3+,6-4?. The minimum absolute atomic E-state index is 1.08. The van der Waals surface area contributed by atoms with Crippen LogP contribution >= 0.6 is 0 Å². The predicted octanol–water partition coefficient (Wildman–Crippen LogP) is -1.00. The Bertz CT molecular complexity index is 122. The maximum absolute atomic E-state index is 4.30. The van der Waals surface area contributed by atoms with Crippen molar-refractivity contribution in [3.63, 3.8) is 0 Å². The highest BCUT2D eigenvalue weighted by molar-refractivity contribution is 6.59. The first-order valence-electron chi connectivity index (χ1n) is 2.81. The van der Waals surface area contributed by atoms with Gasteiger partial charge < -0.3 is 0 Å². The van der Waals surface area contributed by atoms with Crippen LogP contribution in [0.2, 0.25) is 0 Å². The number of rotatable bonds is 1. The van der Waals surface area contributed by atoms with Gasteiger partial charge in [0.15, 0.2) is 0 Å². The van der Waals surface area contributed by atoms with Crippen LogP contribution in [0.3, 0.4) is 0 Å². The van der Waals surface area contributed by atoms with Gasteiger partial charge in [-0.2, -0.15) is 0 Å². The van der Waals surface area contributed by atoms with Crippen LogP contribution in [0.15, 0.2) is 16.4 Å². The highest BCUT2D eigenvalue weighted by Crippen LogP contribution is 1.86. The Kier molecular flexibility index (Phi) is 3.72. The van der Waals surface area contributed by atoms with Crippen LogP contribution in [0.1, 0.15) is 13.8 Å². The highest BCUT2D eigenvalue weighted by atomic mass is 28.1. The third-order valence-electron chi connectivity index (χ3n) is 0.818. The van der Waals surface area contributed by atoms with Crippen LogP contribution in [0, 0.1) is 0 Å². The summed E-state index contributed by atoms with van der Waals surface area (Å²) in [5.41, 5.74) is 0. The Hall–Kier alpha value is -0.156. The minimum Gasteiger partial charge on any atom is -0.275 e. The van der Waals surface area contributed by atoms with E-state index in [9.17, 15) is 0 Å². The first-order chi connectivity index (χ1) is 3.66. The van der Waals surface area contributed by atoms with Crippen LogP contribution in [0.25, 0.3) is 0 Å². The summed E-state index contributed by atoms with van der Waals surface area (Å²) < 4.78 is 0. The van der Waals surface area contributed by atoms with Crippen molar-refractivity contribution in [2.24, 2.45) is 4.99 Å². The van der Waals surface area contributed by atoms with Crippen LogP contribution in [-0.2, 0) is 0 Å². The normalized spacial score (nSPS) is 15.2. The van der Waals surface area contributed by atoms with Gasteiger partial charge in [-0.05, 0) is 19.2 Å². The molecule has 8 heavy (non-hydrogen) atoms. The van der Waals surface area contributed by atoms with E-state index in [1.54, 1.807) is 0 Å². The van der Waals surface area contributed by atoms with Crippen LogP contribution < -0.4 is 0 Å². The molecule has 0 aromatic rings. The fraction of sp³-hybridized carbons (Fsp3) is 0.400. The van der Waals surface area contributed by atoms with E-state index >= 15 is 0 Å². The lowest BCUT2D eigenvalue weighted by Gasteiger charge is -1.89. The van der Waals surface area contributed by atoms with Crippen molar-refractivity contribution in [1.29, 1.82) is 0 Å². The first-order valence-corrected chi connectivity index (χ1v) is 4.81. The number of hydrogen-bond acceptors (Lipinski definition) is 1. The molecule has 0 saturated carbocycles. The van der Waals surface area contributed by atoms with E-state index in [1.807, 2.05) is 6.92 Å². The molecule has 0 atom stereocenters. The number of allylic oxidation sites excluding steroid dienone is 1. The summed E-state index contributed by atoms with van der Waals surface area (Å²) in [6.07, 6.45) is 2.08. The average molecular weight is 143 g/mol. The number of aliphatic imine (C=N–C) groups is 1. The van der Waals surface area contributed by atoms with Gasteiger partial charge in [-0.3, -0.25) is 4.99 Å². The fourth-order valence-corrected chi connectivity index (χ4v) is 1.66. The van der Waals surface area contributed by atoms with Crippen molar-refractivity contribution >= 4 is 25.8 Å². The summed E-state index contributed by atoms with van der Waals surface area (Å²) in [4.78, 5) is 4.30. The van der Waals surface area contributed by atoms with E-state index in [1.165, 1.54) is 10.7 Å². The zero-order chi connectivity index (χ0) is 6.57. The van der Waals surface area contributed by atoms with E-state index in [4.69, 9.17) is 0 Å². The number of hydrogen-bond donors (Lipinski definition) is 0. The van der Waals surface area contributed by atoms with Gasteiger partial charge in [0.05, 0.1) is 20.5 Å². The Labute approximate surface area is 56.7 Å². The lowest BCUT2D eigenvalue weighted by Crippen LogP contribution is -1.88. The second kappa shape index (κ2) is 3.80. The molecular weight excluding hydrogens is 130 g/mol. The largest absolute Gasteiger partial charge is 0.275 e. The summed E-state index contributed by atoms with van der Waals surface area (Å²) in [5.74, 6) is 0. The zero-order valence-corrected chi connectivity index (χ0v) is 10.0. The summed E-state index contributed by atoms with van der Waals surface area (Å²) >= 11 is 0. The summed E-state index contributed by atoms with van der Waals surface area (Å²) in [6, 6.07) is 0. The van der Waals surface area contributed by atoms with Crippen molar-refractivity contribution in [2.45, 2.75) is 13.8 Å². The molecule has 0 amide bonds. The monoisotopic (exact) mass is 143 g/mol. The molecule has 0 N–H and O–H groups in total. The van der Waals surface area contributed by atoms with E-state index in [-0.39, 0.29) is 0 Å². The minimum atomic E-state index is 1.08. The Morgan fingerprint density at radius 1 is 1.50 bits per heavy atom. The topological polar surface area (TPSA) is 12.4 Å². The van der Waals surface area contributed by atoms with Crippen molar-refractivity contribution in [3.8, 4) is 0 Å². The Morgan fingerprint density at radius 3 is 2.12 bits per heavy atom. The van der Waals surface area contributed by atoms with Gasteiger partial charge in [-0.15, -0.1) is 0 Å². The second-order valence-corrected chi connectivity index (χ2v) is 4.46. The molecule has 0 aliphatic rings. The maximum Gasteiger partial charge on any atom is 0.0618 e. The van der Waals surface area contributed by atoms with Gasteiger partial charge in [0.2, 0.25) is 0 Å². The third kappa shape index (κ3) is 4.01. The van der Waals surface area contributed by atoms with E-state index < -0.39 is 0 Å². The SMILES string of the molecule is C/C=C(/[SiH3])N=C(C)[SiH3]. The molecule has 0 aliphatic heterocycles. The lowest BCUT2D eigenvalue weighted by atomic mass is 10.7. The molecule has 0 rings (SSSR count). The molecule has 0 aliphatic carbocycles. The quantitative estimate of drug-likeness (QED) is 0.330. The molecule has 0 aromatic carbocycles. The third-order valence-corrected chi connectivity index (χ3v) is 1.84. The molecular formula is C5H13NSi2. The van der Waals surface area contributed by atoms with Crippen molar-refractivity contribution < 1.29 is 0 Å². The zero-order valence-electron chi connectivity index (χ0n) is 6.02. The summed E-state index contributed by atoms with van der Waals surface area (Å²) in [5, 5.41) is 2.55. The van der Waals surface area contributed by atoms with Crippen molar-refractivity contribution in [2.75, 3.05) is 0 Å². The summed E-state index contributed by atoms with van der Waals surface area (Å²) in [6.45, 7) is 4.12. The molecule has 46 valence electrons. The molecule has 0 bridgehead atoms. The van der Waals surface area contributed by atoms with Crippen LogP contribution in [0.4, 0.5) is 0 Å². The lowest BCUT2D eigenvalue weighted by molar-refractivity contribution is 1.47. The Balaban J connectivity index is 3.89. The van der Waals surface area contributed by atoms with Gasteiger partial charge in [0.25, 0.3) is 0 Å². The fourth-order valence-electron chi connectivity index (χ4n) is 0.417. The molecule has 0 spiro atoms. The molecule has 0 saturated heterocycles. The maximum atomic E-state index is 4.30. The first kappa shape index (κ1) is 7.84. The molecule has 0 heterocycles. The highest BCUT2D eigenvalue weighted by Gasteiger charge is 1.77. The molecule has 1 nitrogen and oxygen atoms in total. The van der Waals surface area contributed by atoms with Crippen LogP contribution in [0.5, 0.6) is 0 Å². The van der Waals surface area contributed by atoms with Gasteiger partial charge in [-0.25, -0.2) is 0 Å². The van der Waals surface area contributed by atoms with Gasteiger partial charge in [0, 0.05) is 5.32 Å². The average Bonchev–Trinajstić information content (AvgIpc) is 1.65. The second-order valence-electron chi connectivity index (χ2n) is 1.99. The van der Waals surface area contributed by atoms with Gasteiger partial charge >= 0.3 is 0 Å². The predicted molar refractivity (Wildman–Crippen MR) is 46.7 cm³/mol. The molecule has 3 heteroatoms. The van der Waals surface area contributed by atoms with E-state index in [2.05, 4.69) is 18.0 Å². The molecule has 0 aromatic heterocycles. The van der Waals surface area contributed by atoms with E-state index in [0.717, 1.165) is 20.5 Å². The van der Waals surface area contributed by atoms with E-state index in [0.29, 0.717) is 0 Å². The molecule has 0 fully saturated rings. The van der Waals surface area contributed by atoms with Crippen molar-refractivity contribution in [3.05, 3.63) is 11.4 Å². The van der Waals surface area contributed by atoms with Gasteiger partial charge in [-0.1, -0.05) is 6.08 Å². The smallest absolute Gasteiger partial charge is 0.0618 e. The number of nitrogens with zero attached hydrogens (tertiary/aromatic N) is 1. The van der Waals surface area contributed by atoms with Crippen molar-refractivity contribution in [1.82, 2.24) is 0 Å². The Morgan fingerprint density at radius 2 is 2.00 bits per heavy atom. The van der Waals surface area contributed by atoms with Crippen LogP contribution in [-0.4, -0.2) is 25.8 Å². The molecule has 0 radical (unpaired) electrons.